The molecule has 5 heteroatoms. The van der Waals surface area contributed by atoms with Crippen molar-refractivity contribution >= 4 is 11.7 Å². The molecule has 0 saturated heterocycles. The van der Waals surface area contributed by atoms with Crippen molar-refractivity contribution < 1.29 is 13.9 Å². The number of rotatable bonds is 4. The number of nitrogens with zero attached hydrogens (tertiary/aromatic N) is 1. The van der Waals surface area contributed by atoms with E-state index in [4.69, 9.17) is 10.00 Å². The number of anilines is 1. The Balaban J connectivity index is 2.82. The first kappa shape index (κ1) is 13.0. The SMILES string of the molecule is CCOC(=O)C(C)Nc1ccc(F)cc1C#N. The van der Waals surface area contributed by atoms with Crippen molar-refractivity contribution in [3.8, 4) is 6.07 Å². The number of hydrogen-bond acceptors (Lipinski definition) is 4. The first-order valence-electron chi connectivity index (χ1n) is 5.21. The normalized spacial score (nSPS) is 11.4. The summed E-state index contributed by atoms with van der Waals surface area (Å²) in [4.78, 5) is 11.4. The molecular weight excluding hydrogens is 223 g/mol. The van der Waals surface area contributed by atoms with Gasteiger partial charge in [-0.1, -0.05) is 0 Å². The monoisotopic (exact) mass is 236 g/mol. The molecule has 17 heavy (non-hydrogen) atoms. The number of nitrogens with one attached hydrogen (secondary N) is 1. The average Bonchev–Trinajstić information content (AvgIpc) is 2.31. The molecule has 90 valence electrons. The summed E-state index contributed by atoms with van der Waals surface area (Å²) in [5.74, 6) is -0.906. The molecule has 1 aromatic rings. The standard InChI is InChI=1S/C12H13FN2O2/c1-3-17-12(16)8(2)15-11-5-4-10(13)6-9(11)7-14/h4-6,8,15H,3H2,1-2H3. The van der Waals surface area contributed by atoms with Crippen molar-refractivity contribution in [3.63, 3.8) is 0 Å². The molecule has 1 atom stereocenters. The molecule has 0 aliphatic carbocycles. The number of carbonyl (C=O) groups is 1. The Kier molecular flexibility index (Phi) is 4.46. The molecule has 0 saturated carbocycles. The van der Waals surface area contributed by atoms with Gasteiger partial charge < -0.3 is 10.1 Å². The zero-order valence-electron chi connectivity index (χ0n) is 9.66. The Hall–Kier alpha value is -2.09. The summed E-state index contributed by atoms with van der Waals surface area (Å²) in [5, 5.41) is 11.6. The minimum Gasteiger partial charge on any atom is -0.464 e. The van der Waals surface area contributed by atoms with Crippen molar-refractivity contribution in [2.45, 2.75) is 19.9 Å². The predicted molar refractivity (Wildman–Crippen MR) is 60.8 cm³/mol. The highest BCUT2D eigenvalue weighted by molar-refractivity contribution is 5.79. The third-order valence-corrected chi connectivity index (χ3v) is 2.11. The molecule has 0 aliphatic rings. The number of nitriles is 1. The van der Waals surface area contributed by atoms with Gasteiger partial charge in [-0.2, -0.15) is 5.26 Å². The number of ether oxygens (including phenoxy) is 1. The topological polar surface area (TPSA) is 62.1 Å². The summed E-state index contributed by atoms with van der Waals surface area (Å²) < 4.78 is 17.7. The predicted octanol–water partition coefficient (Wildman–Crippen LogP) is 2.06. The van der Waals surface area contributed by atoms with E-state index in [1.54, 1.807) is 13.8 Å². The van der Waals surface area contributed by atoms with Gasteiger partial charge in [-0.15, -0.1) is 0 Å². The molecule has 0 aliphatic heterocycles. The largest absolute Gasteiger partial charge is 0.464 e. The summed E-state index contributed by atoms with van der Waals surface area (Å²) in [6.07, 6.45) is 0. The Morgan fingerprint density at radius 3 is 2.94 bits per heavy atom. The number of benzene rings is 1. The Labute approximate surface area is 99.0 Å². The van der Waals surface area contributed by atoms with E-state index in [0.29, 0.717) is 12.3 Å². The molecule has 1 aromatic carbocycles. The maximum Gasteiger partial charge on any atom is 0.328 e. The Morgan fingerprint density at radius 2 is 2.35 bits per heavy atom. The molecule has 0 radical (unpaired) electrons. The molecular formula is C12H13FN2O2. The van der Waals surface area contributed by atoms with Crippen LogP contribution in [0.2, 0.25) is 0 Å². The highest BCUT2D eigenvalue weighted by Crippen LogP contribution is 2.17. The molecule has 1 unspecified atom stereocenters. The smallest absolute Gasteiger partial charge is 0.328 e. The fourth-order valence-corrected chi connectivity index (χ4v) is 1.29. The Morgan fingerprint density at radius 1 is 1.65 bits per heavy atom. The molecule has 1 rings (SSSR count). The van der Waals surface area contributed by atoms with Crippen molar-refractivity contribution in [2.24, 2.45) is 0 Å². The van der Waals surface area contributed by atoms with Crippen LogP contribution in [-0.2, 0) is 9.53 Å². The summed E-state index contributed by atoms with van der Waals surface area (Å²) in [6.45, 7) is 3.62. The second kappa shape index (κ2) is 5.85. The Bertz CT molecular complexity index is 454. The minimum atomic E-state index is -0.590. The maximum atomic E-state index is 12.9. The fourth-order valence-electron chi connectivity index (χ4n) is 1.29. The number of esters is 1. The van der Waals surface area contributed by atoms with E-state index in [0.717, 1.165) is 6.07 Å². The van der Waals surface area contributed by atoms with Crippen LogP contribution in [0.3, 0.4) is 0 Å². The van der Waals surface area contributed by atoms with E-state index in [1.807, 2.05) is 6.07 Å². The molecule has 0 spiro atoms. The van der Waals surface area contributed by atoms with Gasteiger partial charge in [-0.05, 0) is 32.0 Å². The molecule has 0 aromatic heterocycles. The molecule has 0 heterocycles. The van der Waals surface area contributed by atoms with Crippen LogP contribution in [0.25, 0.3) is 0 Å². The lowest BCUT2D eigenvalue weighted by atomic mass is 10.1. The van der Waals surface area contributed by atoms with E-state index in [9.17, 15) is 9.18 Å². The van der Waals surface area contributed by atoms with Crippen molar-refractivity contribution in [3.05, 3.63) is 29.6 Å². The zero-order valence-corrected chi connectivity index (χ0v) is 9.66. The summed E-state index contributed by atoms with van der Waals surface area (Å²) >= 11 is 0. The number of hydrogen-bond donors (Lipinski definition) is 1. The van der Waals surface area contributed by atoms with Gasteiger partial charge in [-0.25, -0.2) is 9.18 Å². The van der Waals surface area contributed by atoms with Gasteiger partial charge in [0.05, 0.1) is 17.9 Å². The second-order valence-electron chi connectivity index (χ2n) is 3.42. The van der Waals surface area contributed by atoms with Crippen LogP contribution in [0.15, 0.2) is 18.2 Å². The van der Waals surface area contributed by atoms with E-state index in [1.165, 1.54) is 12.1 Å². The van der Waals surface area contributed by atoms with E-state index in [2.05, 4.69) is 5.32 Å². The van der Waals surface area contributed by atoms with Gasteiger partial charge in [0.1, 0.15) is 17.9 Å². The van der Waals surface area contributed by atoms with Crippen LogP contribution >= 0.6 is 0 Å². The molecule has 0 amide bonds. The summed E-state index contributed by atoms with van der Waals surface area (Å²) in [7, 11) is 0. The van der Waals surface area contributed by atoms with Gasteiger partial charge in [0.25, 0.3) is 0 Å². The minimum absolute atomic E-state index is 0.154. The summed E-state index contributed by atoms with van der Waals surface area (Å²) in [5.41, 5.74) is 0.565. The van der Waals surface area contributed by atoms with Crippen LogP contribution in [0, 0.1) is 17.1 Å². The van der Waals surface area contributed by atoms with Gasteiger partial charge in [0.2, 0.25) is 0 Å². The maximum absolute atomic E-state index is 12.9. The van der Waals surface area contributed by atoms with Crippen LogP contribution < -0.4 is 5.32 Å². The molecule has 0 fully saturated rings. The molecule has 1 N–H and O–H groups in total. The van der Waals surface area contributed by atoms with Gasteiger partial charge >= 0.3 is 5.97 Å². The highest BCUT2D eigenvalue weighted by atomic mass is 19.1. The summed E-state index contributed by atoms with van der Waals surface area (Å²) in [6, 6.07) is 5.02. The molecule has 0 bridgehead atoms. The van der Waals surface area contributed by atoms with Crippen LogP contribution in [-0.4, -0.2) is 18.6 Å². The lowest BCUT2D eigenvalue weighted by Gasteiger charge is -2.14. The van der Waals surface area contributed by atoms with Crippen molar-refractivity contribution in [2.75, 3.05) is 11.9 Å². The highest BCUT2D eigenvalue weighted by Gasteiger charge is 2.15. The quantitative estimate of drug-likeness (QED) is 0.813. The van der Waals surface area contributed by atoms with Crippen LogP contribution in [0.1, 0.15) is 19.4 Å². The van der Waals surface area contributed by atoms with Gasteiger partial charge in [0, 0.05) is 0 Å². The lowest BCUT2D eigenvalue weighted by Crippen LogP contribution is -2.28. The van der Waals surface area contributed by atoms with Crippen LogP contribution in [0.4, 0.5) is 10.1 Å². The third-order valence-electron chi connectivity index (χ3n) is 2.11. The second-order valence-corrected chi connectivity index (χ2v) is 3.42. The van der Waals surface area contributed by atoms with Gasteiger partial charge in [-0.3, -0.25) is 0 Å². The number of carbonyl (C=O) groups excluding carboxylic acids is 1. The van der Waals surface area contributed by atoms with Crippen molar-refractivity contribution in [1.82, 2.24) is 0 Å². The van der Waals surface area contributed by atoms with E-state index in [-0.39, 0.29) is 5.56 Å². The first-order chi connectivity index (χ1) is 8.08. The first-order valence-corrected chi connectivity index (χ1v) is 5.21. The zero-order chi connectivity index (χ0) is 12.8. The fraction of sp³-hybridized carbons (Fsp3) is 0.333. The third kappa shape index (κ3) is 3.45. The lowest BCUT2D eigenvalue weighted by molar-refractivity contribution is -0.143. The van der Waals surface area contributed by atoms with E-state index >= 15 is 0 Å². The van der Waals surface area contributed by atoms with E-state index < -0.39 is 17.8 Å². The average molecular weight is 236 g/mol. The van der Waals surface area contributed by atoms with Gasteiger partial charge in [0.15, 0.2) is 0 Å². The van der Waals surface area contributed by atoms with Crippen LogP contribution in [0.5, 0.6) is 0 Å². The molecule has 4 nitrogen and oxygen atoms in total. The van der Waals surface area contributed by atoms with Crippen molar-refractivity contribution in [1.29, 1.82) is 5.26 Å². The number of halogens is 1.